The van der Waals surface area contributed by atoms with Crippen LogP contribution in [0.1, 0.15) is 28.3 Å². The quantitative estimate of drug-likeness (QED) is 0.729. The minimum Gasteiger partial charge on any atom is -0.493 e. The molecule has 5 rings (SSSR count). The van der Waals surface area contributed by atoms with Crippen molar-refractivity contribution >= 4 is 10.1 Å². The molecule has 0 saturated heterocycles. The molecular formula is C20H21NO6S. The zero-order valence-corrected chi connectivity index (χ0v) is 16.5. The Kier molecular flexibility index (Phi) is 3.96. The van der Waals surface area contributed by atoms with Crippen molar-refractivity contribution in [2.45, 2.75) is 25.4 Å². The molecule has 1 unspecified atom stereocenters. The SMILES string of the molecule is COc1ccc2c(c1OS(C)(=O)=O)CN1CCc3cc4c(cc3C1C2)OCO4. The van der Waals surface area contributed by atoms with E-state index in [4.69, 9.17) is 18.4 Å². The molecule has 0 bridgehead atoms. The summed E-state index contributed by atoms with van der Waals surface area (Å²) in [5.41, 5.74) is 4.49. The molecule has 0 saturated carbocycles. The smallest absolute Gasteiger partial charge is 0.306 e. The Bertz CT molecular complexity index is 1060. The predicted molar refractivity (Wildman–Crippen MR) is 102 cm³/mol. The lowest BCUT2D eigenvalue weighted by molar-refractivity contribution is 0.159. The van der Waals surface area contributed by atoms with Crippen LogP contribution < -0.4 is 18.4 Å². The van der Waals surface area contributed by atoms with E-state index in [0.29, 0.717) is 18.0 Å². The molecule has 8 heteroatoms. The summed E-state index contributed by atoms with van der Waals surface area (Å²) in [7, 11) is -2.14. The van der Waals surface area contributed by atoms with E-state index in [1.807, 2.05) is 6.07 Å². The fourth-order valence-corrected chi connectivity index (χ4v) is 4.88. The zero-order chi connectivity index (χ0) is 19.5. The minimum atomic E-state index is -3.66. The van der Waals surface area contributed by atoms with E-state index in [-0.39, 0.29) is 12.8 Å². The molecular weight excluding hydrogens is 382 g/mol. The van der Waals surface area contributed by atoms with Crippen LogP contribution in [0.4, 0.5) is 0 Å². The first-order chi connectivity index (χ1) is 13.4. The predicted octanol–water partition coefficient (Wildman–Crippen LogP) is 2.42. The van der Waals surface area contributed by atoms with Gasteiger partial charge in [-0.25, -0.2) is 0 Å². The maximum atomic E-state index is 11.8. The van der Waals surface area contributed by atoms with Crippen LogP contribution in [0.25, 0.3) is 0 Å². The average molecular weight is 403 g/mol. The standard InChI is InChI=1S/C20H21NO6S/c1-24-17-4-3-12-7-16-14-9-19-18(25-11-26-19)8-13(14)5-6-21(16)10-15(12)20(17)27-28(2,22)23/h3-4,8-9,16H,5-7,10-11H2,1-2H3. The third kappa shape index (κ3) is 2.87. The van der Waals surface area contributed by atoms with Gasteiger partial charge in [-0.15, -0.1) is 0 Å². The van der Waals surface area contributed by atoms with Crippen molar-refractivity contribution in [1.29, 1.82) is 0 Å². The highest BCUT2D eigenvalue weighted by Gasteiger charge is 2.36. The van der Waals surface area contributed by atoms with Crippen molar-refractivity contribution < 1.29 is 26.8 Å². The Balaban J connectivity index is 1.57. The number of fused-ring (bicyclic) bond motifs is 5. The Morgan fingerprint density at radius 2 is 1.93 bits per heavy atom. The lowest BCUT2D eigenvalue weighted by Crippen LogP contribution is -2.39. The van der Waals surface area contributed by atoms with Crippen molar-refractivity contribution in [1.82, 2.24) is 4.90 Å². The van der Waals surface area contributed by atoms with Crippen LogP contribution in [0.2, 0.25) is 0 Å². The van der Waals surface area contributed by atoms with Gasteiger partial charge in [0.2, 0.25) is 6.79 Å². The summed E-state index contributed by atoms with van der Waals surface area (Å²) in [5.74, 6) is 2.35. The van der Waals surface area contributed by atoms with Crippen LogP contribution in [0.3, 0.4) is 0 Å². The van der Waals surface area contributed by atoms with E-state index < -0.39 is 10.1 Å². The second-order valence-corrected chi connectivity index (χ2v) is 8.94. The van der Waals surface area contributed by atoms with E-state index >= 15 is 0 Å². The third-order valence-electron chi connectivity index (χ3n) is 5.65. The number of ether oxygens (including phenoxy) is 3. The number of hydrogen-bond donors (Lipinski definition) is 0. The van der Waals surface area contributed by atoms with Gasteiger partial charge in [0.25, 0.3) is 0 Å². The van der Waals surface area contributed by atoms with Crippen LogP contribution in [-0.4, -0.2) is 40.0 Å². The van der Waals surface area contributed by atoms with E-state index in [9.17, 15) is 8.42 Å². The summed E-state index contributed by atoms with van der Waals surface area (Å²) in [6, 6.07) is 8.18. The molecule has 3 aliphatic rings. The number of rotatable bonds is 3. The highest BCUT2D eigenvalue weighted by Crippen LogP contribution is 2.46. The van der Waals surface area contributed by atoms with Gasteiger partial charge >= 0.3 is 10.1 Å². The van der Waals surface area contributed by atoms with Crippen molar-refractivity contribution in [3.63, 3.8) is 0 Å². The third-order valence-corrected chi connectivity index (χ3v) is 6.12. The van der Waals surface area contributed by atoms with Gasteiger partial charge in [-0.1, -0.05) is 6.07 Å². The molecule has 3 heterocycles. The average Bonchev–Trinajstić information content (AvgIpc) is 3.11. The number of methoxy groups -OCH3 is 1. The second-order valence-electron chi connectivity index (χ2n) is 7.37. The van der Waals surface area contributed by atoms with Gasteiger partial charge in [0.05, 0.1) is 13.4 Å². The topological polar surface area (TPSA) is 74.3 Å². The summed E-state index contributed by atoms with van der Waals surface area (Å²) >= 11 is 0. The van der Waals surface area contributed by atoms with Crippen molar-refractivity contribution in [3.05, 3.63) is 46.5 Å². The summed E-state index contributed by atoms with van der Waals surface area (Å²) in [5, 5.41) is 0. The normalized spacial score (nSPS) is 20.1. The number of benzene rings is 2. The van der Waals surface area contributed by atoms with Crippen LogP contribution in [-0.2, 0) is 29.5 Å². The van der Waals surface area contributed by atoms with Crippen molar-refractivity contribution in [2.75, 3.05) is 26.7 Å². The molecule has 0 radical (unpaired) electrons. The Hall–Kier alpha value is -2.45. The molecule has 7 nitrogen and oxygen atoms in total. The molecule has 3 aliphatic heterocycles. The first kappa shape index (κ1) is 17.6. The summed E-state index contributed by atoms with van der Waals surface area (Å²) in [6.45, 7) is 1.75. The zero-order valence-electron chi connectivity index (χ0n) is 15.7. The molecule has 0 amide bonds. The number of hydrogen-bond acceptors (Lipinski definition) is 7. The Labute approximate surface area is 163 Å². The van der Waals surface area contributed by atoms with Gasteiger partial charge in [-0.05, 0) is 47.7 Å². The fourth-order valence-electron chi connectivity index (χ4n) is 4.40. The molecule has 0 aliphatic carbocycles. The maximum absolute atomic E-state index is 11.8. The van der Waals surface area contributed by atoms with E-state index in [1.165, 1.54) is 18.2 Å². The first-order valence-corrected chi connectivity index (χ1v) is 11.0. The van der Waals surface area contributed by atoms with Crippen LogP contribution >= 0.6 is 0 Å². The summed E-state index contributed by atoms with van der Waals surface area (Å²) in [4.78, 5) is 2.36. The second kappa shape index (κ2) is 6.28. The fraction of sp³-hybridized carbons (Fsp3) is 0.400. The van der Waals surface area contributed by atoms with Gasteiger partial charge in [0.15, 0.2) is 23.0 Å². The molecule has 148 valence electrons. The molecule has 0 spiro atoms. The molecule has 1 atom stereocenters. The van der Waals surface area contributed by atoms with Crippen molar-refractivity contribution in [3.8, 4) is 23.0 Å². The van der Waals surface area contributed by atoms with Crippen LogP contribution in [0.15, 0.2) is 24.3 Å². The summed E-state index contributed by atoms with van der Waals surface area (Å²) < 4.78 is 45.4. The van der Waals surface area contributed by atoms with Gasteiger partial charge in [0, 0.05) is 24.7 Å². The van der Waals surface area contributed by atoms with Crippen LogP contribution in [0.5, 0.6) is 23.0 Å². The van der Waals surface area contributed by atoms with E-state index in [2.05, 4.69) is 17.0 Å². The highest BCUT2D eigenvalue weighted by atomic mass is 32.2. The van der Waals surface area contributed by atoms with E-state index in [0.717, 1.165) is 48.3 Å². The Morgan fingerprint density at radius 3 is 2.68 bits per heavy atom. The largest absolute Gasteiger partial charge is 0.493 e. The van der Waals surface area contributed by atoms with Crippen LogP contribution in [0, 0.1) is 0 Å². The lowest BCUT2D eigenvalue weighted by atomic mass is 9.83. The molecule has 0 aromatic heterocycles. The van der Waals surface area contributed by atoms with Gasteiger partial charge in [-0.2, -0.15) is 8.42 Å². The summed E-state index contributed by atoms with van der Waals surface area (Å²) in [6.07, 6.45) is 2.73. The minimum absolute atomic E-state index is 0.213. The van der Waals surface area contributed by atoms with Gasteiger partial charge < -0.3 is 18.4 Å². The highest BCUT2D eigenvalue weighted by molar-refractivity contribution is 7.86. The maximum Gasteiger partial charge on any atom is 0.306 e. The lowest BCUT2D eigenvalue weighted by Gasteiger charge is -2.41. The first-order valence-electron chi connectivity index (χ1n) is 9.17. The molecule has 2 aromatic carbocycles. The number of nitrogens with zero attached hydrogens (tertiary/aromatic N) is 1. The molecule has 28 heavy (non-hydrogen) atoms. The molecule has 2 aromatic rings. The molecule has 0 N–H and O–H groups in total. The van der Waals surface area contributed by atoms with E-state index in [1.54, 1.807) is 6.07 Å². The van der Waals surface area contributed by atoms with Gasteiger partial charge in [-0.3, -0.25) is 4.90 Å². The van der Waals surface area contributed by atoms with Gasteiger partial charge in [0.1, 0.15) is 0 Å². The molecule has 0 fully saturated rings. The van der Waals surface area contributed by atoms with Crippen molar-refractivity contribution in [2.24, 2.45) is 0 Å². The monoisotopic (exact) mass is 403 g/mol. The Morgan fingerprint density at radius 1 is 1.14 bits per heavy atom.